The van der Waals surface area contributed by atoms with Crippen LogP contribution in [0.2, 0.25) is 0 Å². The van der Waals surface area contributed by atoms with Crippen LogP contribution in [0.4, 0.5) is 0 Å². The Balaban J connectivity index is 2.41. The first-order valence-corrected chi connectivity index (χ1v) is 7.34. The molecule has 18 heavy (non-hydrogen) atoms. The minimum atomic E-state index is -0.776. The molecule has 1 N–H and O–H groups in total. The van der Waals surface area contributed by atoms with Crippen molar-refractivity contribution in [2.45, 2.75) is 32.1 Å². The molecule has 1 rings (SSSR count). The van der Waals surface area contributed by atoms with Crippen molar-refractivity contribution in [2.24, 2.45) is 0 Å². The topological polar surface area (TPSA) is 46.5 Å². The van der Waals surface area contributed by atoms with Crippen molar-refractivity contribution in [1.82, 2.24) is 0 Å². The van der Waals surface area contributed by atoms with E-state index < -0.39 is 5.97 Å². The minimum absolute atomic E-state index is 0.143. The molecule has 4 heteroatoms. The second kappa shape index (κ2) is 8.97. The Labute approximate surface area is 116 Å². The summed E-state index contributed by atoms with van der Waals surface area (Å²) in [6, 6.07) is 7.66. The molecule has 0 aliphatic carbocycles. The molecular formula is C14H19BrO3. The quantitative estimate of drug-likeness (QED) is 0.559. The van der Waals surface area contributed by atoms with E-state index in [0.29, 0.717) is 13.0 Å². The van der Waals surface area contributed by atoms with Crippen molar-refractivity contribution >= 4 is 21.9 Å². The van der Waals surface area contributed by atoms with Gasteiger partial charge in [0.25, 0.3) is 0 Å². The van der Waals surface area contributed by atoms with Gasteiger partial charge in [-0.3, -0.25) is 4.79 Å². The van der Waals surface area contributed by atoms with Crippen molar-refractivity contribution in [2.75, 3.05) is 11.9 Å². The van der Waals surface area contributed by atoms with Gasteiger partial charge in [0.1, 0.15) is 5.75 Å². The van der Waals surface area contributed by atoms with E-state index in [2.05, 4.69) is 15.9 Å². The van der Waals surface area contributed by atoms with Crippen LogP contribution in [-0.2, 0) is 11.2 Å². The van der Waals surface area contributed by atoms with E-state index in [0.717, 1.165) is 35.9 Å². The van der Waals surface area contributed by atoms with E-state index in [4.69, 9.17) is 9.84 Å². The number of ether oxygens (including phenoxy) is 1. The number of hydrogen-bond acceptors (Lipinski definition) is 2. The molecule has 0 unspecified atom stereocenters. The van der Waals surface area contributed by atoms with Gasteiger partial charge in [-0.25, -0.2) is 0 Å². The number of aryl methyl sites for hydroxylation is 1. The fourth-order valence-corrected chi connectivity index (χ4v) is 2.04. The van der Waals surface area contributed by atoms with Crippen molar-refractivity contribution in [3.05, 3.63) is 29.8 Å². The first-order chi connectivity index (χ1) is 8.74. The van der Waals surface area contributed by atoms with E-state index in [9.17, 15) is 4.79 Å². The molecule has 100 valence electrons. The second-order valence-electron chi connectivity index (χ2n) is 4.10. The maximum absolute atomic E-state index is 10.6. The number of alkyl halides is 1. The zero-order valence-corrected chi connectivity index (χ0v) is 12.0. The van der Waals surface area contributed by atoms with Gasteiger partial charge in [0, 0.05) is 11.8 Å². The van der Waals surface area contributed by atoms with Crippen LogP contribution in [0.5, 0.6) is 5.75 Å². The summed E-state index contributed by atoms with van der Waals surface area (Å²) in [7, 11) is 0. The van der Waals surface area contributed by atoms with Crippen molar-refractivity contribution in [3.8, 4) is 5.75 Å². The molecule has 0 fully saturated rings. The Bertz CT molecular complexity index is 366. The Kier molecular flexibility index (Phi) is 7.49. The first-order valence-electron chi connectivity index (χ1n) is 6.22. The van der Waals surface area contributed by atoms with Gasteiger partial charge in [0.05, 0.1) is 6.61 Å². The van der Waals surface area contributed by atoms with Crippen LogP contribution in [-0.4, -0.2) is 23.0 Å². The summed E-state index contributed by atoms with van der Waals surface area (Å²) in [4.78, 5) is 10.6. The number of para-hydroxylation sites is 1. The van der Waals surface area contributed by atoms with Gasteiger partial charge in [0.2, 0.25) is 0 Å². The van der Waals surface area contributed by atoms with Crippen molar-refractivity contribution in [3.63, 3.8) is 0 Å². The van der Waals surface area contributed by atoms with E-state index in [-0.39, 0.29) is 6.42 Å². The number of benzene rings is 1. The predicted octanol–water partition coefficient (Wildman–Crippen LogP) is 3.65. The number of carbonyl (C=O) groups is 1. The fourth-order valence-electron chi connectivity index (χ4n) is 1.65. The molecule has 0 aliphatic heterocycles. The number of carboxylic acids is 1. The van der Waals surface area contributed by atoms with Gasteiger partial charge >= 0.3 is 5.97 Å². The Hall–Kier alpha value is -1.03. The van der Waals surface area contributed by atoms with Gasteiger partial charge in [-0.15, -0.1) is 0 Å². The smallest absolute Gasteiger partial charge is 0.303 e. The Morgan fingerprint density at radius 3 is 2.72 bits per heavy atom. The zero-order chi connectivity index (χ0) is 13.2. The lowest BCUT2D eigenvalue weighted by molar-refractivity contribution is -0.136. The third-order valence-corrected chi connectivity index (χ3v) is 3.18. The molecule has 1 aromatic carbocycles. The number of aliphatic carboxylic acids is 1. The molecule has 0 saturated carbocycles. The highest BCUT2D eigenvalue weighted by atomic mass is 79.9. The highest BCUT2D eigenvalue weighted by Crippen LogP contribution is 2.20. The summed E-state index contributed by atoms with van der Waals surface area (Å²) in [5.41, 5.74) is 0.973. The number of halogens is 1. The normalized spacial score (nSPS) is 10.3. The summed E-state index contributed by atoms with van der Waals surface area (Å²) < 4.78 is 5.71. The zero-order valence-electron chi connectivity index (χ0n) is 10.4. The summed E-state index contributed by atoms with van der Waals surface area (Å²) >= 11 is 3.40. The average Bonchev–Trinajstić information content (AvgIpc) is 2.37. The molecular weight excluding hydrogens is 296 g/mol. The summed E-state index contributed by atoms with van der Waals surface area (Å²) in [6.45, 7) is 0.692. The first kappa shape index (κ1) is 15.0. The Morgan fingerprint density at radius 1 is 1.22 bits per heavy atom. The molecule has 0 bridgehead atoms. The predicted molar refractivity (Wildman–Crippen MR) is 75.5 cm³/mol. The van der Waals surface area contributed by atoms with Crippen molar-refractivity contribution < 1.29 is 14.6 Å². The minimum Gasteiger partial charge on any atom is -0.493 e. The molecule has 0 saturated heterocycles. The van der Waals surface area contributed by atoms with Gasteiger partial charge in [-0.2, -0.15) is 0 Å². The lowest BCUT2D eigenvalue weighted by Gasteiger charge is -2.10. The Morgan fingerprint density at radius 2 is 2.00 bits per heavy atom. The fraction of sp³-hybridized carbons (Fsp3) is 0.500. The third-order valence-electron chi connectivity index (χ3n) is 2.62. The van der Waals surface area contributed by atoms with Crippen molar-refractivity contribution in [1.29, 1.82) is 0 Å². The highest BCUT2D eigenvalue weighted by molar-refractivity contribution is 9.09. The molecule has 0 aromatic heterocycles. The lowest BCUT2D eigenvalue weighted by Crippen LogP contribution is -2.02. The monoisotopic (exact) mass is 314 g/mol. The maximum atomic E-state index is 10.6. The molecule has 0 atom stereocenters. The van der Waals surface area contributed by atoms with Gasteiger partial charge < -0.3 is 9.84 Å². The maximum Gasteiger partial charge on any atom is 0.303 e. The van der Waals surface area contributed by atoms with Crippen LogP contribution < -0.4 is 4.74 Å². The lowest BCUT2D eigenvalue weighted by atomic mass is 10.1. The number of unbranched alkanes of at least 4 members (excludes halogenated alkanes) is 2. The van der Waals surface area contributed by atoms with E-state index >= 15 is 0 Å². The number of hydrogen-bond donors (Lipinski definition) is 1. The van der Waals surface area contributed by atoms with Crippen LogP contribution in [0.15, 0.2) is 24.3 Å². The standard InChI is InChI=1S/C14H19BrO3/c15-10-4-1-5-11-18-13-7-3-2-6-12(13)8-9-14(16)17/h2-3,6-7H,1,4-5,8-11H2,(H,16,17). The molecule has 0 spiro atoms. The summed E-state index contributed by atoms with van der Waals surface area (Å²) in [6.07, 6.45) is 3.99. The average molecular weight is 315 g/mol. The summed E-state index contributed by atoms with van der Waals surface area (Å²) in [5.74, 6) is 0.0414. The van der Waals surface area contributed by atoms with Crippen LogP contribution >= 0.6 is 15.9 Å². The van der Waals surface area contributed by atoms with Gasteiger partial charge in [-0.1, -0.05) is 34.1 Å². The number of rotatable bonds is 9. The molecule has 0 radical (unpaired) electrons. The summed E-state index contributed by atoms with van der Waals surface area (Å²) in [5, 5.41) is 9.72. The molecule has 0 amide bonds. The second-order valence-corrected chi connectivity index (χ2v) is 4.89. The third kappa shape index (κ3) is 6.05. The largest absolute Gasteiger partial charge is 0.493 e. The molecule has 1 aromatic rings. The highest BCUT2D eigenvalue weighted by Gasteiger charge is 2.05. The van der Waals surface area contributed by atoms with E-state index in [1.165, 1.54) is 0 Å². The van der Waals surface area contributed by atoms with E-state index in [1.807, 2.05) is 24.3 Å². The number of carboxylic acid groups (broad SMARTS) is 1. The van der Waals surface area contributed by atoms with Gasteiger partial charge in [-0.05, 0) is 37.3 Å². The van der Waals surface area contributed by atoms with Crippen LogP contribution in [0.3, 0.4) is 0 Å². The van der Waals surface area contributed by atoms with Crippen LogP contribution in [0.1, 0.15) is 31.2 Å². The molecule has 0 aliphatic rings. The van der Waals surface area contributed by atoms with Crippen LogP contribution in [0.25, 0.3) is 0 Å². The van der Waals surface area contributed by atoms with Crippen LogP contribution in [0, 0.1) is 0 Å². The van der Waals surface area contributed by atoms with Gasteiger partial charge in [0.15, 0.2) is 0 Å². The molecule has 3 nitrogen and oxygen atoms in total. The molecule has 0 heterocycles. The van der Waals surface area contributed by atoms with E-state index in [1.54, 1.807) is 0 Å². The SMILES string of the molecule is O=C(O)CCc1ccccc1OCCCCCBr.